The summed E-state index contributed by atoms with van der Waals surface area (Å²) in [5.74, 6) is 0.603. The summed E-state index contributed by atoms with van der Waals surface area (Å²) in [5, 5.41) is 19.6. The van der Waals surface area contributed by atoms with E-state index in [-0.39, 0.29) is 17.3 Å². The molecule has 0 radical (unpaired) electrons. The minimum absolute atomic E-state index is 0.0170. The summed E-state index contributed by atoms with van der Waals surface area (Å²) in [6.07, 6.45) is 3.68. The molecule has 0 aliphatic heterocycles. The van der Waals surface area contributed by atoms with Gasteiger partial charge in [-0.25, -0.2) is 0 Å². The van der Waals surface area contributed by atoms with Crippen molar-refractivity contribution in [3.05, 3.63) is 0 Å². The van der Waals surface area contributed by atoms with Gasteiger partial charge in [0.2, 0.25) is 0 Å². The highest BCUT2D eigenvalue weighted by molar-refractivity contribution is 5.19. The molecule has 0 amide bonds. The smallest absolute Gasteiger partial charge is 0.0883 e. The van der Waals surface area contributed by atoms with Crippen molar-refractivity contribution >= 4 is 0 Å². The van der Waals surface area contributed by atoms with E-state index in [1.54, 1.807) is 0 Å². The fourth-order valence-corrected chi connectivity index (χ4v) is 3.90. The highest BCUT2D eigenvalue weighted by Gasteiger charge is 2.68. The molecule has 2 heteroatoms. The van der Waals surface area contributed by atoms with Gasteiger partial charge in [0.05, 0.1) is 18.1 Å². The van der Waals surface area contributed by atoms with E-state index in [1.807, 2.05) is 0 Å². The van der Waals surface area contributed by atoms with Gasteiger partial charge in [-0.3, -0.25) is 0 Å². The monoisotopic (exact) mass is 193 g/mol. The van der Waals surface area contributed by atoms with Crippen molar-refractivity contribution in [2.24, 2.45) is 16.7 Å². The third-order valence-electron chi connectivity index (χ3n) is 5.16. The molecule has 0 aromatic carbocycles. The Kier molecular flexibility index (Phi) is 1.80. The van der Waals surface area contributed by atoms with Gasteiger partial charge in [-0.1, -0.05) is 20.8 Å². The molecule has 0 spiro atoms. The van der Waals surface area contributed by atoms with Gasteiger partial charge in [-0.05, 0) is 36.0 Å². The summed E-state index contributed by atoms with van der Waals surface area (Å²) in [5.41, 5.74) is -0.871. The van der Waals surface area contributed by atoms with Gasteiger partial charge in [0.25, 0.3) is 0 Å². The lowest BCUT2D eigenvalue weighted by atomic mass is 9.59. The molecule has 0 heterocycles. The highest BCUT2D eigenvalue weighted by Crippen LogP contribution is 2.68. The predicted molar refractivity (Wildman–Crippen MR) is 54.4 cm³/mol. The van der Waals surface area contributed by atoms with E-state index in [9.17, 15) is 5.11 Å². The van der Waals surface area contributed by atoms with E-state index < -0.39 is 5.60 Å². The first-order valence-electron chi connectivity index (χ1n) is 5.47. The lowest BCUT2D eigenvalue weighted by Gasteiger charge is -2.49. The Morgan fingerprint density at radius 3 is 2.50 bits per heavy atom. The molecule has 3 atom stereocenters. The van der Waals surface area contributed by atoms with Crippen LogP contribution in [0.25, 0.3) is 0 Å². The predicted octanol–water partition coefficient (Wildman–Crippen LogP) is 2.48. The van der Waals surface area contributed by atoms with Crippen LogP contribution in [0.4, 0.5) is 0 Å². The minimum Gasteiger partial charge on any atom is -0.388 e. The number of rotatable bonds is 1. The molecule has 2 aliphatic rings. The Balaban J connectivity index is 2.44. The van der Waals surface area contributed by atoms with Crippen LogP contribution >= 0.6 is 0 Å². The fourth-order valence-electron chi connectivity index (χ4n) is 3.90. The van der Waals surface area contributed by atoms with E-state index in [1.165, 1.54) is 6.42 Å². The maximum Gasteiger partial charge on any atom is 0.0883 e. The van der Waals surface area contributed by atoms with Crippen molar-refractivity contribution < 1.29 is 5.11 Å². The van der Waals surface area contributed by atoms with Gasteiger partial charge < -0.3 is 5.11 Å². The first-order chi connectivity index (χ1) is 6.37. The minimum atomic E-state index is -0.766. The number of nitriles is 1. The molecule has 2 nitrogen and oxygen atoms in total. The van der Waals surface area contributed by atoms with Crippen LogP contribution in [0, 0.1) is 28.1 Å². The van der Waals surface area contributed by atoms with Crippen LogP contribution in [0.1, 0.15) is 46.5 Å². The second-order valence-corrected chi connectivity index (χ2v) is 5.92. The van der Waals surface area contributed by atoms with Crippen molar-refractivity contribution in [1.82, 2.24) is 0 Å². The molecular weight excluding hydrogens is 174 g/mol. The maximum atomic E-state index is 10.7. The van der Waals surface area contributed by atoms with Crippen molar-refractivity contribution in [2.45, 2.75) is 52.1 Å². The number of hydrogen-bond acceptors (Lipinski definition) is 2. The van der Waals surface area contributed by atoms with Gasteiger partial charge in [-0.15, -0.1) is 0 Å². The maximum absolute atomic E-state index is 10.7. The standard InChI is InChI=1S/C12H19NO/c1-10(2)9-4-5-11(3,8-9)12(10,14)6-7-13/h9,14H,4-6,8H2,1-3H3/t9-,11+,12-/m0/s1. The Bertz CT molecular complexity index is 297. The van der Waals surface area contributed by atoms with Gasteiger partial charge in [0.15, 0.2) is 0 Å². The molecule has 0 saturated heterocycles. The number of nitrogens with zero attached hydrogens (tertiary/aromatic N) is 1. The third-order valence-corrected chi connectivity index (χ3v) is 5.16. The Morgan fingerprint density at radius 2 is 2.07 bits per heavy atom. The largest absolute Gasteiger partial charge is 0.388 e. The molecule has 2 fully saturated rings. The van der Waals surface area contributed by atoms with E-state index in [4.69, 9.17) is 5.26 Å². The molecule has 78 valence electrons. The van der Waals surface area contributed by atoms with E-state index in [0.29, 0.717) is 5.92 Å². The van der Waals surface area contributed by atoms with Gasteiger partial charge in [0, 0.05) is 0 Å². The summed E-state index contributed by atoms with van der Waals surface area (Å²) in [7, 11) is 0. The van der Waals surface area contributed by atoms with Gasteiger partial charge >= 0.3 is 0 Å². The summed E-state index contributed by atoms with van der Waals surface area (Å²) in [6.45, 7) is 6.40. The van der Waals surface area contributed by atoms with Crippen LogP contribution in [-0.4, -0.2) is 10.7 Å². The molecule has 0 aromatic heterocycles. The molecule has 0 aromatic rings. The van der Waals surface area contributed by atoms with Crippen molar-refractivity contribution in [3.8, 4) is 6.07 Å². The number of hydrogen-bond donors (Lipinski definition) is 1. The van der Waals surface area contributed by atoms with Crippen molar-refractivity contribution in [2.75, 3.05) is 0 Å². The third kappa shape index (κ3) is 0.846. The topological polar surface area (TPSA) is 44.0 Å². The summed E-state index contributed by atoms with van der Waals surface area (Å²) in [6, 6.07) is 2.17. The van der Waals surface area contributed by atoms with Crippen molar-refractivity contribution in [3.63, 3.8) is 0 Å². The molecular formula is C12H19NO. The lowest BCUT2D eigenvalue weighted by Crippen LogP contribution is -2.53. The first-order valence-corrected chi connectivity index (χ1v) is 5.47. The second kappa shape index (κ2) is 2.52. The SMILES string of the molecule is CC1(C)[C@H]2CC[C@](C)(C2)[C@]1(O)CC#N. The number of aliphatic hydroxyl groups is 1. The van der Waals surface area contributed by atoms with Crippen LogP contribution in [0.15, 0.2) is 0 Å². The lowest BCUT2D eigenvalue weighted by molar-refractivity contribution is -0.138. The fraction of sp³-hybridized carbons (Fsp3) is 0.917. The van der Waals surface area contributed by atoms with Crippen LogP contribution in [0.2, 0.25) is 0 Å². The molecule has 0 unspecified atom stereocenters. The zero-order valence-corrected chi connectivity index (χ0v) is 9.30. The normalized spacial score (nSPS) is 49.2. The Morgan fingerprint density at radius 1 is 1.43 bits per heavy atom. The van der Waals surface area contributed by atoms with Crippen LogP contribution < -0.4 is 0 Å². The molecule has 1 N–H and O–H groups in total. The van der Waals surface area contributed by atoms with E-state index in [0.717, 1.165) is 12.8 Å². The summed E-state index contributed by atoms with van der Waals surface area (Å²) >= 11 is 0. The van der Waals surface area contributed by atoms with E-state index in [2.05, 4.69) is 26.8 Å². The molecule has 2 bridgehead atoms. The van der Waals surface area contributed by atoms with Crippen LogP contribution in [0.5, 0.6) is 0 Å². The Labute approximate surface area is 85.9 Å². The molecule has 14 heavy (non-hydrogen) atoms. The average molecular weight is 193 g/mol. The molecule has 2 saturated carbocycles. The van der Waals surface area contributed by atoms with Crippen molar-refractivity contribution in [1.29, 1.82) is 5.26 Å². The molecule has 2 rings (SSSR count). The zero-order valence-electron chi connectivity index (χ0n) is 9.30. The van der Waals surface area contributed by atoms with Gasteiger partial charge in [0.1, 0.15) is 0 Å². The number of fused-ring (bicyclic) bond motifs is 2. The first kappa shape index (κ1) is 9.98. The van der Waals surface area contributed by atoms with Crippen LogP contribution in [-0.2, 0) is 0 Å². The zero-order chi connectivity index (χ0) is 10.6. The highest BCUT2D eigenvalue weighted by atomic mass is 16.3. The quantitative estimate of drug-likeness (QED) is 0.695. The molecule has 2 aliphatic carbocycles. The Hall–Kier alpha value is -0.550. The second-order valence-electron chi connectivity index (χ2n) is 5.92. The summed E-state index contributed by atoms with van der Waals surface area (Å²) in [4.78, 5) is 0. The average Bonchev–Trinajstić information content (AvgIpc) is 2.53. The van der Waals surface area contributed by atoms with E-state index >= 15 is 0 Å². The van der Waals surface area contributed by atoms with Gasteiger partial charge in [-0.2, -0.15) is 5.26 Å². The summed E-state index contributed by atoms with van der Waals surface area (Å²) < 4.78 is 0. The van der Waals surface area contributed by atoms with Crippen LogP contribution in [0.3, 0.4) is 0 Å².